The van der Waals surface area contributed by atoms with Gasteiger partial charge in [0, 0.05) is 6.42 Å². The second kappa shape index (κ2) is 10.6. The fourth-order valence-electron chi connectivity index (χ4n) is 2.60. The molecule has 0 saturated carbocycles. The van der Waals surface area contributed by atoms with Crippen LogP contribution in [0.4, 0.5) is 0 Å². The van der Waals surface area contributed by atoms with Crippen molar-refractivity contribution in [2.75, 3.05) is 26.2 Å². The van der Waals surface area contributed by atoms with E-state index in [0.717, 1.165) is 32.2 Å². The number of hydrogen-bond donors (Lipinski definition) is 2. The van der Waals surface area contributed by atoms with Gasteiger partial charge >= 0.3 is 5.97 Å². The molecule has 0 unspecified atom stereocenters. The van der Waals surface area contributed by atoms with Crippen LogP contribution in [0.3, 0.4) is 0 Å². The zero-order valence-electron chi connectivity index (χ0n) is 12.8. The summed E-state index contributed by atoms with van der Waals surface area (Å²) in [6.45, 7) is 3.46. The molecule has 0 bridgehead atoms. The largest absolute Gasteiger partial charge is 0.481 e. The van der Waals surface area contributed by atoms with E-state index in [2.05, 4.69) is 4.90 Å². The van der Waals surface area contributed by atoms with E-state index in [1.807, 2.05) is 0 Å². The lowest BCUT2D eigenvalue weighted by molar-refractivity contribution is -0.167. The number of aliphatic carboxylic acids is 1. The number of piperidine rings is 1. The zero-order chi connectivity index (χ0) is 15.5. The van der Waals surface area contributed by atoms with Gasteiger partial charge in [-0.05, 0) is 45.3 Å². The van der Waals surface area contributed by atoms with Gasteiger partial charge in [0.05, 0.1) is 13.0 Å². The second-order valence-corrected chi connectivity index (χ2v) is 5.73. The van der Waals surface area contributed by atoms with Crippen molar-refractivity contribution in [1.29, 1.82) is 0 Å². The number of hydrogen-bond acceptors (Lipinski definition) is 4. The first-order valence-electron chi connectivity index (χ1n) is 8.03. The Morgan fingerprint density at radius 1 is 0.952 bits per heavy atom. The Balaban J connectivity index is 1.95. The number of amides is 1. The summed E-state index contributed by atoms with van der Waals surface area (Å²) in [5.74, 6) is -1.40. The summed E-state index contributed by atoms with van der Waals surface area (Å²) in [6.07, 6.45) is 8.06. The molecule has 0 atom stereocenters. The van der Waals surface area contributed by atoms with Gasteiger partial charge in [-0.2, -0.15) is 0 Å². The molecule has 0 aromatic heterocycles. The van der Waals surface area contributed by atoms with Gasteiger partial charge in [-0.3, -0.25) is 14.8 Å². The summed E-state index contributed by atoms with van der Waals surface area (Å²) in [5, 5.41) is 18.4. The number of carboxylic acid groups (broad SMARTS) is 1. The average Bonchev–Trinajstić information content (AvgIpc) is 2.49. The number of nitrogens with zero attached hydrogens (tertiary/aromatic N) is 2. The van der Waals surface area contributed by atoms with Gasteiger partial charge in [0.2, 0.25) is 5.91 Å². The Morgan fingerprint density at radius 2 is 1.62 bits per heavy atom. The van der Waals surface area contributed by atoms with Crippen LogP contribution in [-0.4, -0.2) is 58.3 Å². The maximum atomic E-state index is 11.5. The molecule has 1 amide bonds. The molecule has 1 fully saturated rings. The molecule has 6 nitrogen and oxygen atoms in total. The third kappa shape index (κ3) is 8.67. The summed E-state index contributed by atoms with van der Waals surface area (Å²) in [5.41, 5.74) is 0. The number of carbonyl (C=O) groups excluding carboxylic acids is 1. The van der Waals surface area contributed by atoms with Gasteiger partial charge in [-0.15, -0.1) is 0 Å². The molecule has 1 saturated heterocycles. The Kier molecular flexibility index (Phi) is 9.01. The fourth-order valence-corrected chi connectivity index (χ4v) is 2.60. The smallest absolute Gasteiger partial charge is 0.305 e. The Morgan fingerprint density at radius 3 is 2.29 bits per heavy atom. The number of hydroxylamine groups is 2. The minimum atomic E-state index is -1.01. The molecule has 122 valence electrons. The summed E-state index contributed by atoms with van der Waals surface area (Å²) in [4.78, 5) is 24.4. The first kappa shape index (κ1) is 17.9. The Labute approximate surface area is 126 Å². The van der Waals surface area contributed by atoms with Crippen molar-refractivity contribution in [2.24, 2.45) is 0 Å². The number of carbonyl (C=O) groups is 2. The molecule has 0 aromatic rings. The van der Waals surface area contributed by atoms with Gasteiger partial charge in [0.1, 0.15) is 0 Å². The molecular weight excluding hydrogens is 272 g/mol. The van der Waals surface area contributed by atoms with Crippen molar-refractivity contribution >= 4 is 11.9 Å². The molecule has 2 N–H and O–H groups in total. The molecular formula is C15H28N2O4. The first-order valence-corrected chi connectivity index (χ1v) is 8.03. The number of carboxylic acids is 1. The molecule has 0 aromatic carbocycles. The minimum Gasteiger partial charge on any atom is -0.481 e. The van der Waals surface area contributed by atoms with Crippen molar-refractivity contribution in [3.05, 3.63) is 0 Å². The number of likely N-dealkylation sites (tertiary alicyclic amines) is 1. The summed E-state index contributed by atoms with van der Waals surface area (Å²) in [6, 6.07) is 0. The normalized spacial score (nSPS) is 15.9. The van der Waals surface area contributed by atoms with E-state index in [0.29, 0.717) is 11.5 Å². The Bertz CT molecular complexity index is 317. The van der Waals surface area contributed by atoms with Crippen LogP contribution in [0.15, 0.2) is 0 Å². The van der Waals surface area contributed by atoms with Crippen LogP contribution in [0.25, 0.3) is 0 Å². The highest BCUT2D eigenvalue weighted by Crippen LogP contribution is 2.11. The maximum absolute atomic E-state index is 11.5. The maximum Gasteiger partial charge on any atom is 0.305 e. The molecule has 1 heterocycles. The van der Waals surface area contributed by atoms with Crippen LogP contribution in [-0.2, 0) is 9.59 Å². The van der Waals surface area contributed by atoms with Crippen LogP contribution in [0, 0.1) is 0 Å². The summed E-state index contributed by atoms with van der Waals surface area (Å²) in [7, 11) is 0. The monoisotopic (exact) mass is 300 g/mol. The first-order chi connectivity index (χ1) is 10.1. The molecule has 1 rings (SSSR count). The van der Waals surface area contributed by atoms with Gasteiger partial charge in [-0.1, -0.05) is 19.3 Å². The van der Waals surface area contributed by atoms with Crippen LogP contribution in [0.2, 0.25) is 0 Å². The lowest BCUT2D eigenvalue weighted by Gasteiger charge is -2.26. The van der Waals surface area contributed by atoms with E-state index in [-0.39, 0.29) is 18.9 Å². The second-order valence-electron chi connectivity index (χ2n) is 5.73. The van der Waals surface area contributed by atoms with Crippen molar-refractivity contribution in [3.8, 4) is 0 Å². The SMILES string of the molecule is O=C(O)CCN(O)C(=O)CCCCCCN1CCCCC1. The van der Waals surface area contributed by atoms with Gasteiger partial charge < -0.3 is 10.0 Å². The molecule has 6 heteroatoms. The lowest BCUT2D eigenvalue weighted by Crippen LogP contribution is -2.30. The van der Waals surface area contributed by atoms with Crippen molar-refractivity contribution in [1.82, 2.24) is 9.96 Å². The Hall–Kier alpha value is -1.14. The van der Waals surface area contributed by atoms with Crippen LogP contribution in [0.5, 0.6) is 0 Å². The predicted octanol–water partition coefficient (Wildman–Crippen LogP) is 2.12. The van der Waals surface area contributed by atoms with Crippen LogP contribution >= 0.6 is 0 Å². The quantitative estimate of drug-likeness (QED) is 0.367. The predicted molar refractivity (Wildman–Crippen MR) is 79.1 cm³/mol. The van der Waals surface area contributed by atoms with E-state index in [1.54, 1.807) is 0 Å². The minimum absolute atomic E-state index is 0.136. The molecule has 1 aliphatic rings. The van der Waals surface area contributed by atoms with E-state index in [1.165, 1.54) is 32.4 Å². The topological polar surface area (TPSA) is 81.1 Å². The average molecular weight is 300 g/mol. The third-order valence-corrected chi connectivity index (χ3v) is 3.89. The van der Waals surface area contributed by atoms with Crippen molar-refractivity contribution < 1.29 is 19.9 Å². The highest BCUT2D eigenvalue weighted by atomic mass is 16.5. The summed E-state index contributed by atoms with van der Waals surface area (Å²) < 4.78 is 0. The van der Waals surface area contributed by atoms with Gasteiger partial charge in [-0.25, -0.2) is 5.06 Å². The summed E-state index contributed by atoms with van der Waals surface area (Å²) >= 11 is 0. The zero-order valence-corrected chi connectivity index (χ0v) is 12.8. The van der Waals surface area contributed by atoms with E-state index >= 15 is 0 Å². The highest BCUT2D eigenvalue weighted by molar-refractivity contribution is 5.75. The van der Waals surface area contributed by atoms with Gasteiger partial charge in [0.15, 0.2) is 0 Å². The fraction of sp³-hybridized carbons (Fsp3) is 0.867. The third-order valence-electron chi connectivity index (χ3n) is 3.89. The van der Waals surface area contributed by atoms with Crippen molar-refractivity contribution in [3.63, 3.8) is 0 Å². The molecule has 0 aliphatic carbocycles. The van der Waals surface area contributed by atoms with Crippen LogP contribution in [0.1, 0.15) is 57.8 Å². The molecule has 1 aliphatic heterocycles. The van der Waals surface area contributed by atoms with E-state index in [4.69, 9.17) is 5.11 Å². The van der Waals surface area contributed by atoms with Crippen molar-refractivity contribution in [2.45, 2.75) is 57.8 Å². The standard InChI is InChI=1S/C15H28N2O4/c18-14(17(21)13-9-15(19)20)8-4-1-2-5-10-16-11-6-3-7-12-16/h21H,1-13H2,(H,19,20). The lowest BCUT2D eigenvalue weighted by atomic mass is 10.1. The molecule has 21 heavy (non-hydrogen) atoms. The van der Waals surface area contributed by atoms with E-state index in [9.17, 15) is 14.8 Å². The van der Waals surface area contributed by atoms with Gasteiger partial charge in [0.25, 0.3) is 0 Å². The number of unbranched alkanes of at least 4 members (excludes halogenated alkanes) is 3. The van der Waals surface area contributed by atoms with Crippen LogP contribution < -0.4 is 0 Å². The van der Waals surface area contributed by atoms with E-state index < -0.39 is 5.97 Å². The number of rotatable bonds is 10. The molecule has 0 spiro atoms. The highest BCUT2D eigenvalue weighted by Gasteiger charge is 2.12. The molecule has 0 radical (unpaired) electrons.